The van der Waals surface area contributed by atoms with E-state index < -0.39 is 0 Å². The summed E-state index contributed by atoms with van der Waals surface area (Å²) in [5.41, 5.74) is 6.18. The van der Waals surface area contributed by atoms with E-state index in [4.69, 9.17) is 5.73 Å². The van der Waals surface area contributed by atoms with Gasteiger partial charge in [-0.25, -0.2) is 0 Å². The number of rotatable bonds is 0. The van der Waals surface area contributed by atoms with Crippen LogP contribution in [0.3, 0.4) is 0 Å². The van der Waals surface area contributed by atoms with Gasteiger partial charge in [0.2, 0.25) is 0 Å². The second-order valence-corrected chi connectivity index (χ2v) is 1.41. The fourth-order valence-corrected chi connectivity index (χ4v) is 0.453. The van der Waals surface area contributed by atoms with E-state index in [1.54, 1.807) is 0 Å². The summed E-state index contributed by atoms with van der Waals surface area (Å²) >= 11 is 0. The summed E-state index contributed by atoms with van der Waals surface area (Å²) < 4.78 is 0. The van der Waals surface area contributed by atoms with Gasteiger partial charge in [-0.3, -0.25) is 0 Å². The predicted octanol–water partition coefficient (Wildman–Crippen LogP) is 1.27. The molecular weight excluding hydrogens is 126 g/mol. The van der Waals surface area contributed by atoms with Gasteiger partial charge < -0.3 is 5.73 Å². The first-order chi connectivity index (χ1) is 3.39. The molecule has 1 aromatic carbocycles. The smallest absolute Gasteiger partial charge is 0.0313 e. The van der Waals surface area contributed by atoms with Crippen LogP contribution < -0.4 is 5.73 Å². The van der Waals surface area contributed by atoms with Crippen LogP contribution in [-0.2, 0) is 0 Å². The molecule has 0 fully saturated rings. The molecule has 0 aliphatic heterocycles. The molecule has 8 heavy (non-hydrogen) atoms. The number of para-hydroxylation sites is 1. The molecule has 0 saturated heterocycles. The van der Waals surface area contributed by atoms with Crippen molar-refractivity contribution in [3.63, 3.8) is 0 Å². The zero-order valence-corrected chi connectivity index (χ0v) is 5.02. The third-order valence-corrected chi connectivity index (χ3v) is 0.800. The van der Waals surface area contributed by atoms with E-state index in [9.17, 15) is 0 Å². The van der Waals surface area contributed by atoms with Gasteiger partial charge in [-0.05, 0) is 12.1 Å². The maximum absolute atomic E-state index is 5.36. The molecule has 0 unspecified atom stereocenters. The average Bonchev–Trinajstić information content (AvgIpc) is 1.69. The topological polar surface area (TPSA) is 26.0 Å². The van der Waals surface area contributed by atoms with Gasteiger partial charge in [0, 0.05) is 43.4 Å². The van der Waals surface area contributed by atoms with E-state index in [0.29, 0.717) is 0 Å². The van der Waals surface area contributed by atoms with E-state index >= 15 is 0 Å². The van der Waals surface area contributed by atoms with Crippen LogP contribution in [0.25, 0.3) is 0 Å². The van der Waals surface area contributed by atoms with Crippen molar-refractivity contribution in [1.82, 2.24) is 0 Å². The van der Waals surface area contributed by atoms with E-state index in [2.05, 4.69) is 0 Å². The quantitative estimate of drug-likeness (QED) is 0.530. The maximum atomic E-state index is 5.36. The molecule has 0 atom stereocenters. The van der Waals surface area contributed by atoms with Gasteiger partial charge in [0.15, 0.2) is 0 Å². The zero-order chi connectivity index (χ0) is 5.11. The standard InChI is InChI=1S/C6H7N.Ar/c7-6-4-2-1-3-5-6;/h1-5H,7H2;. The van der Waals surface area contributed by atoms with Crippen molar-refractivity contribution in [1.29, 1.82) is 0 Å². The van der Waals surface area contributed by atoms with Gasteiger partial charge in [-0.2, -0.15) is 0 Å². The number of anilines is 1. The molecule has 0 radical (unpaired) electrons. The second-order valence-electron chi connectivity index (χ2n) is 1.41. The Balaban J connectivity index is 0.000000490. The molecule has 0 bridgehead atoms. The Labute approximate surface area is 78.9 Å². The van der Waals surface area contributed by atoms with E-state index in [1.807, 2.05) is 30.3 Å². The predicted molar refractivity (Wildman–Crippen MR) is 30.9 cm³/mol. The van der Waals surface area contributed by atoms with Crippen molar-refractivity contribution >= 4 is 5.69 Å². The monoisotopic (exact) mass is 133 g/mol. The van der Waals surface area contributed by atoms with Crippen molar-refractivity contribution in [2.75, 3.05) is 5.73 Å². The molecule has 0 aliphatic rings. The third kappa shape index (κ3) is 2.55. The van der Waals surface area contributed by atoms with E-state index in [-0.39, 0.29) is 37.7 Å². The molecule has 44 valence electrons. The molecule has 0 aliphatic carbocycles. The van der Waals surface area contributed by atoms with Gasteiger partial charge >= 0.3 is 0 Å². The third-order valence-electron chi connectivity index (χ3n) is 0.800. The maximum Gasteiger partial charge on any atom is 0.0313 e. The molecular formula is C6H7ArN. The summed E-state index contributed by atoms with van der Waals surface area (Å²) in [6.45, 7) is 0. The summed E-state index contributed by atoms with van der Waals surface area (Å²) in [7, 11) is 0. The number of nitrogen functional groups attached to an aromatic ring is 1. The fraction of sp³-hybridized carbons (Fsp3) is 0. The minimum absolute atomic E-state index is 0. The number of benzene rings is 1. The SMILES string of the molecule is Nc1ccccc1.[Ar]. The van der Waals surface area contributed by atoms with Crippen molar-refractivity contribution in [2.24, 2.45) is 0 Å². The average molecular weight is 133 g/mol. The Morgan fingerprint density at radius 3 is 1.75 bits per heavy atom. The van der Waals surface area contributed by atoms with Gasteiger partial charge in [0.1, 0.15) is 0 Å². The Kier molecular flexibility index (Phi) is 4.33. The first-order valence-electron chi connectivity index (χ1n) is 2.20. The van der Waals surface area contributed by atoms with Crippen LogP contribution in [0.4, 0.5) is 5.69 Å². The minimum Gasteiger partial charge on any atom is -0.399 e. The Bertz CT molecular complexity index is 138. The van der Waals surface area contributed by atoms with Crippen molar-refractivity contribution in [2.45, 2.75) is 0 Å². The first-order valence-corrected chi connectivity index (χ1v) is 2.20. The molecule has 0 aromatic heterocycles. The van der Waals surface area contributed by atoms with Gasteiger partial charge in [0.05, 0.1) is 0 Å². The summed E-state index contributed by atoms with van der Waals surface area (Å²) in [4.78, 5) is 0. The fourth-order valence-electron chi connectivity index (χ4n) is 0.453. The van der Waals surface area contributed by atoms with E-state index in [0.717, 1.165) is 5.69 Å². The summed E-state index contributed by atoms with van der Waals surface area (Å²) in [5.74, 6) is 0. The summed E-state index contributed by atoms with van der Waals surface area (Å²) in [5, 5.41) is 0. The molecule has 2 N–H and O–H groups in total. The first kappa shape index (κ1) is 8.28. The van der Waals surface area contributed by atoms with Crippen LogP contribution >= 0.6 is 0 Å². The molecule has 0 spiro atoms. The zero-order valence-electron chi connectivity index (χ0n) is 4.32. The molecule has 2 heteroatoms. The molecule has 0 amide bonds. The van der Waals surface area contributed by atoms with Crippen LogP contribution in [0.1, 0.15) is 0 Å². The Morgan fingerprint density at radius 1 is 1.00 bits per heavy atom. The van der Waals surface area contributed by atoms with E-state index in [1.165, 1.54) is 0 Å². The van der Waals surface area contributed by atoms with Gasteiger partial charge in [-0.1, -0.05) is 18.2 Å². The van der Waals surface area contributed by atoms with Crippen molar-refractivity contribution in [3.05, 3.63) is 30.3 Å². The number of hydrogen-bond donors (Lipinski definition) is 1. The van der Waals surface area contributed by atoms with Gasteiger partial charge in [0.25, 0.3) is 0 Å². The van der Waals surface area contributed by atoms with Gasteiger partial charge in [-0.15, -0.1) is 0 Å². The largest absolute Gasteiger partial charge is 0.399 e. The molecule has 1 nitrogen and oxygen atoms in total. The van der Waals surface area contributed by atoms with Crippen LogP contribution in [0.2, 0.25) is 0 Å². The van der Waals surface area contributed by atoms with Crippen LogP contribution in [-0.4, -0.2) is 0 Å². The second kappa shape index (κ2) is 4.19. The molecule has 1 aromatic rings. The van der Waals surface area contributed by atoms with Crippen LogP contribution in [0.15, 0.2) is 30.3 Å². The molecule has 0 heterocycles. The Hall–Kier alpha value is 0.280. The minimum atomic E-state index is 0. The molecule has 0 saturated carbocycles. The Morgan fingerprint density at radius 2 is 1.50 bits per heavy atom. The van der Waals surface area contributed by atoms with Crippen molar-refractivity contribution in [3.8, 4) is 0 Å². The van der Waals surface area contributed by atoms with Crippen LogP contribution in [0, 0.1) is 37.7 Å². The number of hydrogen-bond acceptors (Lipinski definition) is 1. The normalized spacial score (nSPS) is 7.50. The molecule has 1 rings (SSSR count). The summed E-state index contributed by atoms with van der Waals surface area (Å²) in [6, 6.07) is 9.49. The number of nitrogens with two attached hydrogens (primary N) is 1. The van der Waals surface area contributed by atoms with Crippen LogP contribution in [0.5, 0.6) is 0 Å². The summed E-state index contributed by atoms with van der Waals surface area (Å²) in [6.07, 6.45) is 0. The van der Waals surface area contributed by atoms with Crippen molar-refractivity contribution < 1.29 is 37.7 Å².